The highest BCUT2D eigenvalue weighted by atomic mass is 16.4. The molecule has 5 saturated carbocycles. The number of unbranched alkanes of at least 4 members (excludes halogenated alkanes) is 4. The Hall–Kier alpha value is -1.36. The van der Waals surface area contributed by atoms with Crippen LogP contribution in [0, 0.1) is 51.2 Å². The number of carboxylic acid groups (broad SMARTS) is 1. The quantitative estimate of drug-likeness (QED) is 0.152. The molecule has 5 fully saturated rings. The van der Waals surface area contributed by atoms with Crippen molar-refractivity contribution in [2.75, 3.05) is 13.1 Å². The van der Waals surface area contributed by atoms with Crippen molar-refractivity contribution >= 4 is 11.9 Å². The molecule has 5 heteroatoms. The average molecular weight is 611 g/mol. The van der Waals surface area contributed by atoms with Gasteiger partial charge in [-0.15, -0.1) is 0 Å². The van der Waals surface area contributed by atoms with Gasteiger partial charge in [0, 0.05) is 12.0 Å². The maximum atomic E-state index is 11.8. The molecular formula is C39H66N2O3. The number of nitrogens with one attached hydrogen (secondary N) is 2. The first-order valence-electron chi connectivity index (χ1n) is 18.6. The van der Waals surface area contributed by atoms with Crippen LogP contribution in [0.3, 0.4) is 0 Å². The van der Waals surface area contributed by atoms with Gasteiger partial charge >= 0.3 is 5.97 Å². The third-order valence-electron chi connectivity index (χ3n) is 15.3. The molecule has 44 heavy (non-hydrogen) atoms. The summed E-state index contributed by atoms with van der Waals surface area (Å²) in [6, 6.07) is 0. The van der Waals surface area contributed by atoms with Crippen molar-refractivity contribution in [2.45, 2.75) is 156 Å². The van der Waals surface area contributed by atoms with Crippen molar-refractivity contribution in [3.63, 3.8) is 0 Å². The summed E-state index contributed by atoms with van der Waals surface area (Å²) >= 11 is 0. The van der Waals surface area contributed by atoms with Crippen molar-refractivity contribution in [2.24, 2.45) is 51.2 Å². The Bertz CT molecular complexity index is 1090. The molecule has 5 aliphatic carbocycles. The Kier molecular flexibility index (Phi) is 9.80. The van der Waals surface area contributed by atoms with Gasteiger partial charge in [0.25, 0.3) is 0 Å². The summed E-state index contributed by atoms with van der Waals surface area (Å²) in [4.78, 5) is 22.4. The van der Waals surface area contributed by atoms with Gasteiger partial charge in [0.1, 0.15) is 6.54 Å². The molecule has 0 aliphatic heterocycles. The maximum absolute atomic E-state index is 11.8. The van der Waals surface area contributed by atoms with Gasteiger partial charge in [-0.2, -0.15) is 0 Å². The van der Waals surface area contributed by atoms with Crippen molar-refractivity contribution in [3.05, 3.63) is 12.2 Å². The second-order valence-corrected chi connectivity index (χ2v) is 17.8. The summed E-state index contributed by atoms with van der Waals surface area (Å²) in [5.74, 6) is 2.77. The van der Waals surface area contributed by atoms with Crippen molar-refractivity contribution in [1.82, 2.24) is 10.6 Å². The van der Waals surface area contributed by atoms with Crippen LogP contribution in [0.15, 0.2) is 12.2 Å². The van der Waals surface area contributed by atoms with Gasteiger partial charge in [0.15, 0.2) is 0 Å². The third kappa shape index (κ3) is 5.83. The number of carboxylic acids is 1. The van der Waals surface area contributed by atoms with E-state index in [9.17, 15) is 9.59 Å². The van der Waals surface area contributed by atoms with Crippen LogP contribution in [0.25, 0.3) is 0 Å². The first kappa shape index (κ1) is 34.0. The van der Waals surface area contributed by atoms with E-state index in [4.69, 9.17) is 5.11 Å². The van der Waals surface area contributed by atoms with Crippen molar-refractivity contribution in [1.29, 1.82) is 0 Å². The number of hydrogen-bond acceptors (Lipinski definition) is 3. The number of fused-ring (bicyclic) bond motifs is 7. The number of carbonyl (C=O) groups excluding carboxylic acids is 1. The van der Waals surface area contributed by atoms with E-state index in [2.05, 4.69) is 58.8 Å². The Labute approximate surface area is 269 Å². The van der Waals surface area contributed by atoms with Gasteiger partial charge in [-0.25, -0.2) is 0 Å². The first-order valence-corrected chi connectivity index (χ1v) is 18.6. The summed E-state index contributed by atoms with van der Waals surface area (Å²) in [7, 11) is 0. The monoisotopic (exact) mass is 611 g/mol. The standard InChI is InChI=1S/C39H66N2O3/c1-27(2)28-17-22-39(41-25-12-10-8-9-11-14-32(42)40-26-33(43)44)24-23-37(6)29(34(28)39)15-16-31-36(5)20-13-19-35(3,4)30(36)18-21-38(31,37)7/h28-31,34,41H,1,8-26H2,2-7H3,(H,40,42)(H,43,44)/t28-,29?,30?,31?,34?,36-,37+,38+,39-/m0/s1. The minimum Gasteiger partial charge on any atom is -0.480 e. The molecule has 0 radical (unpaired) electrons. The Morgan fingerprint density at radius 1 is 0.795 bits per heavy atom. The van der Waals surface area contributed by atoms with Gasteiger partial charge in [-0.3, -0.25) is 9.59 Å². The first-order chi connectivity index (χ1) is 20.7. The topological polar surface area (TPSA) is 78.4 Å². The lowest BCUT2D eigenvalue weighted by Gasteiger charge is -2.72. The van der Waals surface area contributed by atoms with Crippen molar-refractivity contribution < 1.29 is 14.7 Å². The van der Waals surface area contributed by atoms with E-state index in [0.717, 1.165) is 43.6 Å². The van der Waals surface area contributed by atoms with Gasteiger partial charge < -0.3 is 15.7 Å². The maximum Gasteiger partial charge on any atom is 0.322 e. The molecule has 250 valence electrons. The number of carbonyl (C=O) groups is 2. The summed E-state index contributed by atoms with van der Waals surface area (Å²) in [5, 5.41) is 15.4. The normalized spacial score (nSPS) is 42.4. The zero-order chi connectivity index (χ0) is 32.0. The van der Waals surface area contributed by atoms with E-state index < -0.39 is 5.97 Å². The lowest BCUT2D eigenvalue weighted by Crippen LogP contribution is -2.68. The molecule has 3 N–H and O–H groups in total. The molecule has 0 aromatic carbocycles. The predicted octanol–water partition coefficient (Wildman–Crippen LogP) is 8.92. The van der Waals surface area contributed by atoms with E-state index in [-0.39, 0.29) is 18.0 Å². The smallest absolute Gasteiger partial charge is 0.322 e. The number of amides is 1. The van der Waals surface area contributed by atoms with Crippen LogP contribution in [0.5, 0.6) is 0 Å². The van der Waals surface area contributed by atoms with E-state index in [1.54, 1.807) is 0 Å². The fraction of sp³-hybridized carbons (Fsp3) is 0.897. The highest BCUT2D eigenvalue weighted by molar-refractivity contribution is 5.80. The number of aliphatic carboxylic acids is 1. The molecule has 1 amide bonds. The summed E-state index contributed by atoms with van der Waals surface area (Å²) < 4.78 is 0. The summed E-state index contributed by atoms with van der Waals surface area (Å²) in [6.07, 6.45) is 21.1. The highest BCUT2D eigenvalue weighted by Crippen LogP contribution is 2.76. The summed E-state index contributed by atoms with van der Waals surface area (Å²) in [6.45, 7) is 21.2. The van der Waals surface area contributed by atoms with Crippen LogP contribution < -0.4 is 10.6 Å². The van der Waals surface area contributed by atoms with Crippen LogP contribution in [0.2, 0.25) is 0 Å². The SMILES string of the molecule is C=C(C)[C@@H]1CC[C@]2(NCCCCCCCC(=O)NCC(=O)O)CC[C@]3(C)C(CCC4[C@@]5(C)CCCC(C)(C)C5CC[C@]43C)C12. The minimum atomic E-state index is -0.987. The molecule has 5 nitrogen and oxygen atoms in total. The molecule has 0 bridgehead atoms. The third-order valence-corrected chi connectivity index (χ3v) is 15.3. The van der Waals surface area contributed by atoms with Gasteiger partial charge in [-0.1, -0.05) is 72.5 Å². The second kappa shape index (κ2) is 12.7. The lowest BCUT2D eigenvalue weighted by atomic mass is 9.33. The molecule has 0 aromatic rings. The van der Waals surface area contributed by atoms with Crippen LogP contribution in [0.1, 0.15) is 151 Å². The number of hydrogen-bond donors (Lipinski definition) is 3. The van der Waals surface area contributed by atoms with E-state index >= 15 is 0 Å². The lowest BCUT2D eigenvalue weighted by molar-refractivity contribution is -0.231. The van der Waals surface area contributed by atoms with Gasteiger partial charge in [-0.05, 0) is 142 Å². The molecule has 5 rings (SSSR count). The zero-order valence-corrected chi connectivity index (χ0v) is 29.3. The predicted molar refractivity (Wildman–Crippen MR) is 180 cm³/mol. The Morgan fingerprint density at radius 3 is 2.25 bits per heavy atom. The van der Waals surface area contributed by atoms with E-state index in [0.29, 0.717) is 39.9 Å². The molecule has 4 unspecified atom stereocenters. The fourth-order valence-electron chi connectivity index (χ4n) is 13.1. The molecule has 5 aliphatic rings. The Morgan fingerprint density at radius 2 is 1.52 bits per heavy atom. The van der Waals surface area contributed by atoms with E-state index in [1.807, 2.05) is 0 Å². The largest absolute Gasteiger partial charge is 0.480 e. The van der Waals surface area contributed by atoms with Crippen LogP contribution in [-0.2, 0) is 9.59 Å². The molecular weight excluding hydrogens is 544 g/mol. The Balaban J connectivity index is 1.22. The van der Waals surface area contributed by atoms with Crippen molar-refractivity contribution in [3.8, 4) is 0 Å². The molecule has 0 heterocycles. The molecule has 9 atom stereocenters. The zero-order valence-electron chi connectivity index (χ0n) is 29.3. The molecule has 0 aromatic heterocycles. The minimum absolute atomic E-state index is 0.149. The van der Waals surface area contributed by atoms with Gasteiger partial charge in [0.05, 0.1) is 0 Å². The van der Waals surface area contributed by atoms with Crippen LogP contribution in [-0.4, -0.2) is 35.6 Å². The highest BCUT2D eigenvalue weighted by Gasteiger charge is 2.70. The summed E-state index contributed by atoms with van der Waals surface area (Å²) in [5.41, 5.74) is 3.54. The molecule has 0 spiro atoms. The molecule has 0 saturated heterocycles. The van der Waals surface area contributed by atoms with Gasteiger partial charge in [0.2, 0.25) is 5.91 Å². The average Bonchev–Trinajstić information content (AvgIpc) is 3.33. The van der Waals surface area contributed by atoms with E-state index in [1.165, 1.54) is 89.0 Å². The number of rotatable bonds is 12. The fourth-order valence-corrected chi connectivity index (χ4v) is 13.1. The number of allylic oxidation sites excluding steroid dienone is 1. The second-order valence-electron chi connectivity index (χ2n) is 17.8. The van der Waals surface area contributed by atoms with Crippen LogP contribution in [0.4, 0.5) is 0 Å². The van der Waals surface area contributed by atoms with Crippen LogP contribution >= 0.6 is 0 Å².